The van der Waals surface area contributed by atoms with E-state index in [9.17, 15) is 18.3 Å². The van der Waals surface area contributed by atoms with Crippen LogP contribution in [0.4, 0.5) is 0 Å². The van der Waals surface area contributed by atoms with Crippen LogP contribution in [0.15, 0.2) is 41.3 Å². The number of aliphatic hydroxyl groups is 1. The van der Waals surface area contributed by atoms with Crippen molar-refractivity contribution < 1.29 is 27.8 Å². The molecule has 1 amide bonds. The third-order valence-electron chi connectivity index (χ3n) is 8.06. The molecule has 2 fully saturated rings. The predicted molar refractivity (Wildman–Crippen MR) is 146 cm³/mol. The van der Waals surface area contributed by atoms with Gasteiger partial charge < -0.3 is 19.5 Å². The first-order valence-electron chi connectivity index (χ1n) is 13.3. The lowest BCUT2D eigenvalue weighted by Crippen LogP contribution is -2.49. The summed E-state index contributed by atoms with van der Waals surface area (Å²) in [5.74, 6) is 0.604. The summed E-state index contributed by atoms with van der Waals surface area (Å²) < 4.78 is 39.8. The standard InChI is InChI=1S/C29H40N2O6S/c1-21-18-26(36-4)22(2)23(3)28(21)38(34,35)31-14-10-25(11-15-31)37-20-27(32)30-16-12-29(33,13-17-30)19-24-8-6-5-7-9-24/h5-9,18,25,33H,10-17,19-20H2,1-4H3. The maximum absolute atomic E-state index is 13.5. The summed E-state index contributed by atoms with van der Waals surface area (Å²) in [7, 11) is -2.07. The van der Waals surface area contributed by atoms with Crippen LogP contribution in [0.3, 0.4) is 0 Å². The molecule has 0 unspecified atom stereocenters. The van der Waals surface area contributed by atoms with E-state index in [1.807, 2.05) is 44.2 Å². The van der Waals surface area contributed by atoms with Crippen molar-refractivity contribution in [1.29, 1.82) is 0 Å². The molecule has 2 saturated heterocycles. The van der Waals surface area contributed by atoms with Crippen LogP contribution in [0.2, 0.25) is 0 Å². The molecule has 1 N–H and O–H groups in total. The first-order valence-corrected chi connectivity index (χ1v) is 14.8. The Morgan fingerprint density at radius 2 is 1.66 bits per heavy atom. The van der Waals surface area contributed by atoms with Gasteiger partial charge in [0.05, 0.1) is 23.7 Å². The maximum atomic E-state index is 13.5. The number of hydrogen-bond donors (Lipinski definition) is 1. The zero-order valence-corrected chi connectivity index (χ0v) is 23.7. The summed E-state index contributed by atoms with van der Waals surface area (Å²) in [6.45, 7) is 7.17. The van der Waals surface area contributed by atoms with E-state index in [0.29, 0.717) is 80.1 Å². The minimum Gasteiger partial charge on any atom is -0.496 e. The zero-order chi connectivity index (χ0) is 27.5. The van der Waals surface area contributed by atoms with Crippen molar-refractivity contribution in [3.8, 4) is 5.75 Å². The van der Waals surface area contributed by atoms with E-state index in [0.717, 1.165) is 11.1 Å². The molecule has 0 atom stereocenters. The molecule has 9 heteroatoms. The Morgan fingerprint density at radius 3 is 2.26 bits per heavy atom. The summed E-state index contributed by atoms with van der Waals surface area (Å²) >= 11 is 0. The van der Waals surface area contributed by atoms with Crippen molar-refractivity contribution in [3.63, 3.8) is 0 Å². The zero-order valence-electron chi connectivity index (χ0n) is 22.9. The molecule has 8 nitrogen and oxygen atoms in total. The van der Waals surface area contributed by atoms with E-state index in [4.69, 9.17) is 9.47 Å². The fourth-order valence-corrected chi connectivity index (χ4v) is 7.56. The molecule has 2 aliphatic rings. The molecule has 2 aromatic carbocycles. The Kier molecular flexibility index (Phi) is 8.82. The van der Waals surface area contributed by atoms with E-state index in [2.05, 4.69) is 0 Å². The number of carbonyl (C=O) groups excluding carboxylic acids is 1. The van der Waals surface area contributed by atoms with Crippen molar-refractivity contribution in [2.75, 3.05) is 39.9 Å². The molecular formula is C29H40N2O6S. The lowest BCUT2D eigenvalue weighted by atomic mass is 9.85. The number of carbonyl (C=O) groups is 1. The molecule has 208 valence electrons. The summed E-state index contributed by atoms with van der Waals surface area (Å²) in [4.78, 5) is 14.9. The van der Waals surface area contributed by atoms with Gasteiger partial charge in [-0.05, 0) is 74.8 Å². The molecule has 0 aliphatic carbocycles. The number of aryl methyl sites for hydroxylation is 1. The molecule has 0 bridgehead atoms. The fourth-order valence-electron chi connectivity index (χ4n) is 5.60. The van der Waals surface area contributed by atoms with E-state index in [1.54, 1.807) is 25.0 Å². The Labute approximate surface area is 226 Å². The number of rotatable bonds is 8. The first kappa shape index (κ1) is 28.5. The van der Waals surface area contributed by atoms with Crippen molar-refractivity contribution >= 4 is 15.9 Å². The highest BCUT2D eigenvalue weighted by atomic mass is 32.2. The van der Waals surface area contributed by atoms with Gasteiger partial charge in [-0.2, -0.15) is 4.31 Å². The van der Waals surface area contributed by atoms with Crippen LogP contribution in [-0.4, -0.2) is 80.2 Å². The number of methoxy groups -OCH3 is 1. The van der Waals surface area contributed by atoms with Crippen LogP contribution in [0.1, 0.15) is 47.9 Å². The van der Waals surface area contributed by atoms with Crippen LogP contribution in [0.25, 0.3) is 0 Å². The monoisotopic (exact) mass is 544 g/mol. The minimum absolute atomic E-state index is 0.0234. The third kappa shape index (κ3) is 6.22. The molecule has 0 saturated carbocycles. The highest BCUT2D eigenvalue weighted by molar-refractivity contribution is 7.89. The second-order valence-corrected chi connectivity index (χ2v) is 12.5. The third-order valence-corrected chi connectivity index (χ3v) is 10.3. The van der Waals surface area contributed by atoms with E-state index < -0.39 is 15.6 Å². The molecular weight excluding hydrogens is 504 g/mol. The van der Waals surface area contributed by atoms with Gasteiger partial charge in [-0.15, -0.1) is 0 Å². The predicted octanol–water partition coefficient (Wildman–Crippen LogP) is 3.39. The first-order chi connectivity index (χ1) is 18.0. The van der Waals surface area contributed by atoms with Gasteiger partial charge in [0.25, 0.3) is 0 Å². The normalized spacial score (nSPS) is 18.9. The highest BCUT2D eigenvalue weighted by Gasteiger charge is 2.35. The number of sulfonamides is 1. The lowest BCUT2D eigenvalue weighted by molar-refractivity contribution is -0.143. The van der Waals surface area contributed by atoms with E-state index in [-0.39, 0.29) is 18.6 Å². The van der Waals surface area contributed by atoms with Crippen molar-refractivity contribution in [1.82, 2.24) is 9.21 Å². The lowest BCUT2D eigenvalue weighted by Gasteiger charge is -2.38. The number of nitrogens with zero attached hydrogens (tertiary/aromatic N) is 2. The van der Waals surface area contributed by atoms with Crippen molar-refractivity contribution in [2.24, 2.45) is 0 Å². The van der Waals surface area contributed by atoms with Gasteiger partial charge in [0, 0.05) is 32.6 Å². The second kappa shape index (κ2) is 11.7. The van der Waals surface area contributed by atoms with Crippen LogP contribution < -0.4 is 4.74 Å². The summed E-state index contributed by atoms with van der Waals surface area (Å²) in [6.07, 6.45) is 2.57. The Morgan fingerprint density at radius 1 is 1.03 bits per heavy atom. The van der Waals surface area contributed by atoms with Crippen LogP contribution in [-0.2, 0) is 26.0 Å². The van der Waals surface area contributed by atoms with Crippen LogP contribution in [0, 0.1) is 20.8 Å². The molecule has 2 aliphatic heterocycles. The van der Waals surface area contributed by atoms with Crippen LogP contribution >= 0.6 is 0 Å². The molecule has 2 aromatic rings. The SMILES string of the molecule is COc1cc(C)c(S(=O)(=O)N2CCC(OCC(=O)N3CCC(O)(Cc4ccccc4)CC3)CC2)c(C)c1C. The maximum Gasteiger partial charge on any atom is 0.248 e. The number of amides is 1. The number of hydrogen-bond acceptors (Lipinski definition) is 6. The van der Waals surface area contributed by atoms with Gasteiger partial charge in [0.15, 0.2) is 0 Å². The number of piperidine rings is 2. The van der Waals surface area contributed by atoms with Crippen molar-refractivity contribution in [2.45, 2.75) is 69.5 Å². The number of likely N-dealkylation sites (tertiary alicyclic amines) is 1. The van der Waals surface area contributed by atoms with Gasteiger partial charge in [-0.1, -0.05) is 30.3 Å². The minimum atomic E-state index is -3.65. The summed E-state index contributed by atoms with van der Waals surface area (Å²) in [5.41, 5.74) is 2.51. The second-order valence-electron chi connectivity index (χ2n) is 10.7. The largest absolute Gasteiger partial charge is 0.496 e. The summed E-state index contributed by atoms with van der Waals surface area (Å²) in [5, 5.41) is 11.0. The van der Waals surface area contributed by atoms with Gasteiger partial charge in [-0.3, -0.25) is 4.79 Å². The molecule has 0 aromatic heterocycles. The van der Waals surface area contributed by atoms with Crippen molar-refractivity contribution in [3.05, 3.63) is 58.7 Å². The molecule has 2 heterocycles. The average molecular weight is 545 g/mol. The van der Waals surface area contributed by atoms with E-state index >= 15 is 0 Å². The Balaban J connectivity index is 1.26. The average Bonchev–Trinajstić information content (AvgIpc) is 2.90. The van der Waals surface area contributed by atoms with Crippen LogP contribution in [0.5, 0.6) is 5.75 Å². The highest BCUT2D eigenvalue weighted by Crippen LogP contribution is 2.33. The van der Waals surface area contributed by atoms with Gasteiger partial charge in [-0.25, -0.2) is 8.42 Å². The molecule has 38 heavy (non-hydrogen) atoms. The Bertz CT molecular complexity index is 1230. The fraction of sp³-hybridized carbons (Fsp3) is 0.552. The summed E-state index contributed by atoms with van der Waals surface area (Å²) in [6, 6.07) is 11.7. The number of ether oxygens (including phenoxy) is 2. The van der Waals surface area contributed by atoms with Gasteiger partial charge >= 0.3 is 0 Å². The quantitative estimate of drug-likeness (QED) is 0.547. The molecule has 0 radical (unpaired) electrons. The molecule has 4 rings (SSSR count). The van der Waals surface area contributed by atoms with Gasteiger partial charge in [0.2, 0.25) is 15.9 Å². The van der Waals surface area contributed by atoms with E-state index in [1.165, 1.54) is 4.31 Å². The Hall–Kier alpha value is -2.46. The molecule has 0 spiro atoms. The smallest absolute Gasteiger partial charge is 0.248 e. The topological polar surface area (TPSA) is 96.4 Å². The number of benzene rings is 2. The van der Waals surface area contributed by atoms with Gasteiger partial charge in [0.1, 0.15) is 12.4 Å².